The number of thiol groups is 3. The number of aliphatic hydroxyl groups is 3. The van der Waals surface area contributed by atoms with Gasteiger partial charge in [-0.25, -0.2) is 0 Å². The van der Waals surface area contributed by atoms with Crippen LogP contribution in [0.4, 0.5) is 0 Å². The summed E-state index contributed by atoms with van der Waals surface area (Å²) in [7, 11) is 3.42. The number of unbranched alkanes of at least 4 members (excludes halogenated alkanes) is 1. The molecule has 228 valence electrons. The van der Waals surface area contributed by atoms with Crippen LogP contribution in [0.15, 0.2) is 0 Å². The van der Waals surface area contributed by atoms with Gasteiger partial charge < -0.3 is 29.5 Å². The first-order chi connectivity index (χ1) is 17.5. The molecule has 0 aromatic heterocycles. The van der Waals surface area contributed by atoms with Gasteiger partial charge in [-0.1, -0.05) is 13.8 Å². The summed E-state index contributed by atoms with van der Waals surface area (Å²) in [5.41, 5.74) is 0. The molecule has 0 bridgehead atoms. The van der Waals surface area contributed by atoms with Gasteiger partial charge in [0.25, 0.3) is 0 Å². The fourth-order valence-electron chi connectivity index (χ4n) is 1.23. The van der Waals surface area contributed by atoms with E-state index in [-0.39, 0.29) is 0 Å². The topological polar surface area (TPSA) is 88.4 Å². The molecule has 6 nitrogen and oxygen atoms in total. The van der Waals surface area contributed by atoms with Gasteiger partial charge in [-0.15, -0.1) is 0 Å². The monoisotopic (exact) mass is 636 g/mol. The lowest BCUT2D eigenvalue weighted by molar-refractivity contribution is 0.165. The van der Waals surface area contributed by atoms with Crippen molar-refractivity contribution in [2.24, 2.45) is 0 Å². The minimum atomic E-state index is 0.306. The lowest BCUT2D eigenvalue weighted by Gasteiger charge is -1.91. The van der Waals surface area contributed by atoms with E-state index in [0.717, 1.165) is 91.7 Å². The highest BCUT2D eigenvalue weighted by Gasteiger charge is 1.78. The van der Waals surface area contributed by atoms with Gasteiger partial charge in [0, 0.05) is 57.1 Å². The van der Waals surface area contributed by atoms with E-state index >= 15 is 0 Å². The SMILES string of the molecule is CCOCCS.CCSCCO.CCSCCO.COCCCS.COCCSC.OCCCCS. The summed E-state index contributed by atoms with van der Waals surface area (Å²) in [5.74, 6) is 7.74. The Morgan fingerprint density at radius 1 is 0.611 bits per heavy atom. The van der Waals surface area contributed by atoms with Crippen LogP contribution in [-0.4, -0.2) is 128 Å². The van der Waals surface area contributed by atoms with Crippen molar-refractivity contribution in [3.05, 3.63) is 0 Å². The number of hydrogen-bond donors (Lipinski definition) is 6. The molecule has 0 amide bonds. The van der Waals surface area contributed by atoms with Crippen LogP contribution in [0.3, 0.4) is 0 Å². The Bertz CT molecular complexity index is 179. The zero-order valence-corrected chi connectivity index (χ0v) is 29.0. The van der Waals surface area contributed by atoms with Gasteiger partial charge in [0.1, 0.15) is 0 Å². The van der Waals surface area contributed by atoms with Gasteiger partial charge in [-0.05, 0) is 55.5 Å². The van der Waals surface area contributed by atoms with E-state index in [0.29, 0.717) is 19.8 Å². The standard InChI is InChI=1S/6C4H10OS/c1-5-3-4-6-2;1-5-3-2-4-6;2*1-2-6-4-3-5;1-2-5-3-4-6;5-3-1-2-4-6/h3-4H2,1-2H3;6H,2-4H2,1H3;2*5H,2-4H2,1H3;6H,2-4H2,1H3;5-6H,1-4H2. The second-order valence-corrected chi connectivity index (χ2v) is 11.1. The van der Waals surface area contributed by atoms with Crippen LogP contribution in [0.25, 0.3) is 0 Å². The summed E-state index contributed by atoms with van der Waals surface area (Å²) < 4.78 is 14.4. The van der Waals surface area contributed by atoms with Crippen LogP contribution in [0.2, 0.25) is 0 Å². The van der Waals surface area contributed by atoms with Gasteiger partial charge in [-0.2, -0.15) is 73.2 Å². The highest BCUT2D eigenvalue weighted by Crippen LogP contribution is 1.94. The Hall–Kier alpha value is 1.86. The molecule has 0 atom stereocenters. The van der Waals surface area contributed by atoms with E-state index in [9.17, 15) is 0 Å². The molecule has 0 rings (SSSR count). The van der Waals surface area contributed by atoms with Crippen LogP contribution in [0.1, 0.15) is 40.0 Å². The Morgan fingerprint density at radius 2 is 1.11 bits per heavy atom. The van der Waals surface area contributed by atoms with Crippen molar-refractivity contribution in [1.29, 1.82) is 0 Å². The second kappa shape index (κ2) is 70.9. The molecule has 0 aliphatic heterocycles. The fraction of sp³-hybridized carbons (Fsp3) is 1.00. The van der Waals surface area contributed by atoms with E-state index in [1.807, 2.05) is 6.92 Å². The van der Waals surface area contributed by atoms with Crippen molar-refractivity contribution in [2.45, 2.75) is 40.0 Å². The Labute approximate surface area is 254 Å². The van der Waals surface area contributed by atoms with E-state index in [1.54, 1.807) is 49.5 Å². The molecule has 0 aliphatic rings. The first kappa shape index (κ1) is 50.7. The van der Waals surface area contributed by atoms with Gasteiger partial charge in [0.2, 0.25) is 0 Å². The molecular formula is C24H60O6S6. The summed E-state index contributed by atoms with van der Waals surface area (Å²) in [6, 6.07) is 0. The third kappa shape index (κ3) is 110. The van der Waals surface area contributed by atoms with Crippen LogP contribution in [-0.2, 0) is 14.2 Å². The number of thioether (sulfide) groups is 3. The lowest BCUT2D eigenvalue weighted by Crippen LogP contribution is -1.92. The van der Waals surface area contributed by atoms with Crippen molar-refractivity contribution in [3.8, 4) is 0 Å². The molecule has 0 fully saturated rings. The summed E-state index contributed by atoms with van der Waals surface area (Å²) >= 11 is 17.2. The van der Waals surface area contributed by atoms with E-state index in [2.05, 4.69) is 58.0 Å². The zero-order valence-electron chi connectivity index (χ0n) is 23.9. The molecular weight excluding hydrogens is 577 g/mol. The average Bonchev–Trinajstić information content (AvgIpc) is 2.92. The largest absolute Gasteiger partial charge is 0.396 e. The predicted molar refractivity (Wildman–Crippen MR) is 181 cm³/mol. The van der Waals surface area contributed by atoms with Crippen molar-refractivity contribution in [2.75, 3.05) is 113 Å². The van der Waals surface area contributed by atoms with Crippen molar-refractivity contribution >= 4 is 73.2 Å². The van der Waals surface area contributed by atoms with E-state index in [4.69, 9.17) is 29.5 Å². The molecule has 0 unspecified atom stereocenters. The first-order valence-corrected chi connectivity index (χ1v) is 17.9. The van der Waals surface area contributed by atoms with Gasteiger partial charge in [0.05, 0.1) is 26.4 Å². The normalized spacial score (nSPS) is 9.00. The minimum absolute atomic E-state index is 0.306. The number of ether oxygens (including phenoxy) is 3. The molecule has 0 radical (unpaired) electrons. The maximum absolute atomic E-state index is 8.18. The third-order valence-corrected chi connectivity index (χ3v) is 6.03. The first-order valence-electron chi connectivity index (χ1n) is 12.3. The average molecular weight is 637 g/mol. The molecule has 0 aliphatic carbocycles. The summed E-state index contributed by atoms with van der Waals surface area (Å²) in [5, 5.41) is 24.5. The Morgan fingerprint density at radius 3 is 1.25 bits per heavy atom. The van der Waals surface area contributed by atoms with Crippen LogP contribution in [0, 0.1) is 0 Å². The van der Waals surface area contributed by atoms with E-state index in [1.165, 1.54) is 0 Å². The van der Waals surface area contributed by atoms with Crippen molar-refractivity contribution in [1.82, 2.24) is 0 Å². The third-order valence-electron chi connectivity index (χ3n) is 2.88. The van der Waals surface area contributed by atoms with Gasteiger partial charge in [0.15, 0.2) is 0 Å². The van der Waals surface area contributed by atoms with Crippen LogP contribution < -0.4 is 0 Å². The molecule has 12 heteroatoms. The summed E-state index contributed by atoms with van der Waals surface area (Å²) in [6.07, 6.45) is 5.04. The molecule has 0 saturated carbocycles. The molecule has 0 aromatic rings. The molecule has 0 heterocycles. The highest BCUT2D eigenvalue weighted by atomic mass is 32.2. The maximum Gasteiger partial charge on any atom is 0.0554 e. The number of methoxy groups -OCH3 is 2. The quantitative estimate of drug-likeness (QED) is 0.0914. The van der Waals surface area contributed by atoms with Gasteiger partial charge >= 0.3 is 0 Å². The second-order valence-electron chi connectivity index (χ2n) is 5.97. The maximum atomic E-state index is 8.18. The lowest BCUT2D eigenvalue weighted by atomic mass is 10.4. The molecule has 0 aromatic carbocycles. The molecule has 36 heavy (non-hydrogen) atoms. The highest BCUT2D eigenvalue weighted by molar-refractivity contribution is 7.99. The zero-order chi connectivity index (χ0) is 29.0. The van der Waals surface area contributed by atoms with Crippen molar-refractivity contribution < 1.29 is 29.5 Å². The minimum Gasteiger partial charge on any atom is -0.396 e. The summed E-state index contributed by atoms with van der Waals surface area (Å²) in [4.78, 5) is 0. The number of rotatable bonds is 18. The van der Waals surface area contributed by atoms with Crippen LogP contribution >= 0.6 is 73.2 Å². The Kier molecular flexibility index (Phi) is 99.8. The molecule has 0 saturated heterocycles. The Balaban J connectivity index is -0.0000000750. The smallest absolute Gasteiger partial charge is 0.0554 e. The molecule has 0 spiro atoms. The van der Waals surface area contributed by atoms with Crippen LogP contribution in [0.5, 0.6) is 0 Å². The molecule has 3 N–H and O–H groups in total. The van der Waals surface area contributed by atoms with Crippen molar-refractivity contribution in [3.63, 3.8) is 0 Å². The number of aliphatic hydroxyl groups excluding tert-OH is 3. The summed E-state index contributed by atoms with van der Waals surface area (Å²) in [6.45, 7) is 10.4. The van der Waals surface area contributed by atoms with E-state index < -0.39 is 0 Å². The fourth-order valence-corrected chi connectivity index (χ4v) is 2.88. The number of hydrogen-bond acceptors (Lipinski definition) is 12. The predicted octanol–water partition coefficient (Wildman–Crippen LogP) is 5.05. The van der Waals surface area contributed by atoms with Gasteiger partial charge in [-0.3, -0.25) is 0 Å².